The minimum absolute atomic E-state index is 0.107. The molecule has 1 aromatic carbocycles. The summed E-state index contributed by atoms with van der Waals surface area (Å²) in [4.78, 5) is 25.4. The van der Waals surface area contributed by atoms with Gasteiger partial charge >= 0.3 is 6.03 Å². The van der Waals surface area contributed by atoms with Crippen LogP contribution in [-0.4, -0.2) is 36.5 Å². The van der Waals surface area contributed by atoms with Crippen molar-refractivity contribution in [2.45, 2.75) is 25.4 Å². The first kappa shape index (κ1) is 14.7. The van der Waals surface area contributed by atoms with Gasteiger partial charge in [-0.05, 0) is 30.5 Å². The van der Waals surface area contributed by atoms with Crippen molar-refractivity contribution in [3.05, 3.63) is 34.9 Å². The molecule has 20 heavy (non-hydrogen) atoms. The number of carbonyl (C=O) groups excluding carboxylic acids is 2. The van der Waals surface area contributed by atoms with Crippen LogP contribution in [0.1, 0.15) is 18.4 Å². The lowest BCUT2D eigenvalue weighted by Gasteiger charge is -2.23. The Morgan fingerprint density at radius 2 is 2.05 bits per heavy atom. The normalized spacial score (nSPS) is 17.9. The van der Waals surface area contributed by atoms with Crippen LogP contribution in [0.5, 0.6) is 0 Å². The van der Waals surface area contributed by atoms with E-state index >= 15 is 0 Å². The van der Waals surface area contributed by atoms with Gasteiger partial charge in [-0.25, -0.2) is 4.79 Å². The van der Waals surface area contributed by atoms with Crippen molar-refractivity contribution in [1.82, 2.24) is 15.5 Å². The second-order valence-electron chi connectivity index (χ2n) is 4.75. The molecule has 0 bridgehead atoms. The smallest absolute Gasteiger partial charge is 0.318 e. The number of halogens is 1. The molecule has 0 radical (unpaired) electrons. The number of hydrogen-bond acceptors (Lipinski definition) is 2. The van der Waals surface area contributed by atoms with E-state index in [4.69, 9.17) is 11.6 Å². The van der Waals surface area contributed by atoms with Gasteiger partial charge in [0.2, 0.25) is 5.91 Å². The number of likely N-dealkylation sites (tertiary alicyclic amines) is 1. The minimum atomic E-state index is -0.356. The first-order valence-corrected chi connectivity index (χ1v) is 7.00. The van der Waals surface area contributed by atoms with Crippen LogP contribution in [0, 0.1) is 0 Å². The summed E-state index contributed by atoms with van der Waals surface area (Å²) < 4.78 is 0. The summed E-state index contributed by atoms with van der Waals surface area (Å²) in [5, 5.41) is 6.10. The van der Waals surface area contributed by atoms with Gasteiger partial charge in [0.15, 0.2) is 0 Å². The van der Waals surface area contributed by atoms with Crippen LogP contribution in [-0.2, 0) is 11.3 Å². The molecule has 1 unspecified atom stereocenters. The molecule has 1 fully saturated rings. The third-order valence-corrected chi connectivity index (χ3v) is 3.67. The lowest BCUT2D eigenvalue weighted by Crippen LogP contribution is -2.48. The van der Waals surface area contributed by atoms with Gasteiger partial charge in [-0.3, -0.25) is 4.79 Å². The Morgan fingerprint density at radius 1 is 1.35 bits per heavy atom. The van der Waals surface area contributed by atoms with Crippen molar-refractivity contribution in [2.24, 2.45) is 0 Å². The van der Waals surface area contributed by atoms with Gasteiger partial charge in [-0.2, -0.15) is 0 Å². The average molecular weight is 296 g/mol. The van der Waals surface area contributed by atoms with Crippen LogP contribution >= 0.6 is 11.6 Å². The van der Waals surface area contributed by atoms with E-state index in [1.807, 2.05) is 12.1 Å². The third kappa shape index (κ3) is 3.42. The number of rotatable bonds is 3. The fourth-order valence-corrected chi connectivity index (χ4v) is 2.46. The molecule has 6 heteroatoms. The molecule has 0 aliphatic carbocycles. The van der Waals surface area contributed by atoms with Crippen molar-refractivity contribution >= 4 is 23.5 Å². The van der Waals surface area contributed by atoms with Gasteiger partial charge in [0.25, 0.3) is 0 Å². The number of carbonyl (C=O) groups is 2. The molecule has 1 aromatic rings. The largest absolute Gasteiger partial charge is 0.357 e. The van der Waals surface area contributed by atoms with E-state index in [9.17, 15) is 9.59 Å². The maximum Gasteiger partial charge on any atom is 0.318 e. The number of benzene rings is 1. The average Bonchev–Trinajstić information content (AvgIpc) is 2.95. The van der Waals surface area contributed by atoms with Gasteiger partial charge in [0.1, 0.15) is 6.04 Å². The van der Waals surface area contributed by atoms with E-state index in [0.29, 0.717) is 24.5 Å². The van der Waals surface area contributed by atoms with Crippen LogP contribution in [0.4, 0.5) is 4.79 Å². The highest BCUT2D eigenvalue weighted by atomic mass is 35.5. The van der Waals surface area contributed by atoms with E-state index in [1.54, 1.807) is 24.1 Å². The Balaban J connectivity index is 1.91. The second kappa shape index (κ2) is 6.61. The number of hydrogen-bond donors (Lipinski definition) is 2. The summed E-state index contributed by atoms with van der Waals surface area (Å²) in [5.41, 5.74) is 0.971. The minimum Gasteiger partial charge on any atom is -0.357 e. The zero-order valence-corrected chi connectivity index (χ0v) is 12.1. The van der Waals surface area contributed by atoms with Crippen molar-refractivity contribution in [3.8, 4) is 0 Å². The fourth-order valence-electron chi connectivity index (χ4n) is 2.33. The van der Waals surface area contributed by atoms with Crippen LogP contribution < -0.4 is 10.6 Å². The molecule has 108 valence electrons. The Bertz CT molecular complexity index is 490. The monoisotopic (exact) mass is 295 g/mol. The first-order chi connectivity index (χ1) is 9.61. The van der Waals surface area contributed by atoms with Gasteiger partial charge in [-0.15, -0.1) is 0 Å². The van der Waals surface area contributed by atoms with Crippen molar-refractivity contribution in [1.29, 1.82) is 0 Å². The first-order valence-electron chi connectivity index (χ1n) is 6.62. The molecule has 1 heterocycles. The Hall–Kier alpha value is -1.75. The lowest BCUT2D eigenvalue weighted by atomic mass is 10.2. The van der Waals surface area contributed by atoms with Gasteiger partial charge in [0.05, 0.1) is 0 Å². The van der Waals surface area contributed by atoms with Gasteiger partial charge < -0.3 is 15.5 Å². The zero-order chi connectivity index (χ0) is 14.5. The fraction of sp³-hybridized carbons (Fsp3) is 0.429. The highest BCUT2D eigenvalue weighted by Crippen LogP contribution is 2.17. The molecule has 2 rings (SSSR count). The summed E-state index contributed by atoms with van der Waals surface area (Å²) >= 11 is 5.81. The topological polar surface area (TPSA) is 61.4 Å². The summed E-state index contributed by atoms with van der Waals surface area (Å²) in [6.45, 7) is 1.04. The van der Waals surface area contributed by atoms with Crippen molar-refractivity contribution in [3.63, 3.8) is 0 Å². The molecule has 1 saturated heterocycles. The molecular formula is C14H18ClN3O2. The maximum absolute atomic E-state index is 12.1. The van der Waals surface area contributed by atoms with Gasteiger partial charge in [0, 0.05) is 25.2 Å². The van der Waals surface area contributed by atoms with E-state index < -0.39 is 0 Å². The van der Waals surface area contributed by atoms with Crippen LogP contribution in [0.2, 0.25) is 5.02 Å². The van der Waals surface area contributed by atoms with E-state index in [2.05, 4.69) is 10.6 Å². The van der Waals surface area contributed by atoms with Crippen molar-refractivity contribution < 1.29 is 9.59 Å². The standard InChI is InChI=1S/C14H18ClN3O2/c1-16-13(19)12-3-2-8-18(12)14(20)17-9-10-4-6-11(15)7-5-10/h4-7,12H,2-3,8-9H2,1H3,(H,16,19)(H,17,20). The second-order valence-corrected chi connectivity index (χ2v) is 5.19. The Kier molecular flexibility index (Phi) is 4.84. The SMILES string of the molecule is CNC(=O)C1CCCN1C(=O)NCc1ccc(Cl)cc1. The van der Waals surface area contributed by atoms with E-state index in [1.165, 1.54) is 0 Å². The van der Waals surface area contributed by atoms with Gasteiger partial charge in [-0.1, -0.05) is 23.7 Å². The highest BCUT2D eigenvalue weighted by molar-refractivity contribution is 6.30. The van der Waals surface area contributed by atoms with E-state index in [-0.39, 0.29) is 18.0 Å². The number of nitrogens with zero attached hydrogens (tertiary/aromatic N) is 1. The number of likely N-dealkylation sites (N-methyl/N-ethyl adjacent to an activating group) is 1. The summed E-state index contributed by atoms with van der Waals surface area (Å²) in [6.07, 6.45) is 1.57. The van der Waals surface area contributed by atoms with Crippen LogP contribution in [0.15, 0.2) is 24.3 Å². The molecular weight excluding hydrogens is 278 g/mol. The molecule has 2 N–H and O–H groups in total. The molecule has 0 saturated carbocycles. The highest BCUT2D eigenvalue weighted by Gasteiger charge is 2.33. The summed E-state index contributed by atoms with van der Waals surface area (Å²) in [5.74, 6) is -0.107. The van der Waals surface area contributed by atoms with Crippen molar-refractivity contribution in [2.75, 3.05) is 13.6 Å². The molecule has 0 spiro atoms. The molecule has 0 aromatic heterocycles. The predicted molar refractivity (Wildman–Crippen MR) is 77.5 cm³/mol. The van der Waals surface area contributed by atoms with E-state index in [0.717, 1.165) is 12.0 Å². The number of amides is 3. The van der Waals surface area contributed by atoms with Crippen LogP contribution in [0.3, 0.4) is 0 Å². The molecule has 1 aliphatic rings. The predicted octanol–water partition coefficient (Wildman–Crippen LogP) is 1.76. The Morgan fingerprint density at radius 3 is 2.70 bits per heavy atom. The number of nitrogens with one attached hydrogen (secondary N) is 2. The lowest BCUT2D eigenvalue weighted by molar-refractivity contribution is -0.124. The quantitative estimate of drug-likeness (QED) is 0.892. The number of urea groups is 1. The maximum atomic E-state index is 12.1. The molecule has 1 atom stereocenters. The molecule has 5 nitrogen and oxygen atoms in total. The Labute approximate surface area is 123 Å². The zero-order valence-electron chi connectivity index (χ0n) is 11.4. The summed E-state index contributed by atoms with van der Waals surface area (Å²) in [6, 6.07) is 6.74. The summed E-state index contributed by atoms with van der Waals surface area (Å²) in [7, 11) is 1.59. The third-order valence-electron chi connectivity index (χ3n) is 3.42. The molecule has 3 amide bonds. The molecule has 1 aliphatic heterocycles. The van der Waals surface area contributed by atoms with Crippen LogP contribution in [0.25, 0.3) is 0 Å².